The smallest absolute Gasteiger partial charge is 0.413 e. The highest BCUT2D eigenvalue weighted by Gasteiger charge is 2.34. The molecule has 0 N–H and O–H groups in total. The molecule has 4 aromatic rings. The second-order valence-electron chi connectivity index (χ2n) is 9.32. The monoisotopic (exact) mass is 565 g/mol. The standard InChI is InChI=1S/C20H18F5N5O2.C7H7F/c21-16(22)18-28-27-17(32-18)14-9-12(11-5-2-1-3-6-11)19(31)30(29-14)10-15-13(20(23,24)25)7-4-8-26-15;1-6-3-2-4-7(8)5-6/h4,7-9,11,16H,1-3,5-6,10H2;2-5H,1H3. The predicted octanol–water partition coefficient (Wildman–Crippen LogP) is 6.87. The number of aryl methyl sites for hydroxylation is 1. The maximum absolute atomic E-state index is 13.4. The van der Waals surface area contributed by atoms with E-state index in [0.29, 0.717) is 5.56 Å². The quantitative estimate of drug-likeness (QED) is 0.245. The molecule has 5 rings (SSSR count). The van der Waals surface area contributed by atoms with Crippen LogP contribution in [0.1, 0.15) is 72.7 Å². The van der Waals surface area contributed by atoms with Crippen molar-refractivity contribution in [2.24, 2.45) is 0 Å². The van der Waals surface area contributed by atoms with Gasteiger partial charge in [-0.1, -0.05) is 31.4 Å². The Morgan fingerprint density at radius 2 is 1.80 bits per heavy atom. The summed E-state index contributed by atoms with van der Waals surface area (Å²) in [6.07, 6.45) is -2.21. The molecule has 0 radical (unpaired) electrons. The summed E-state index contributed by atoms with van der Waals surface area (Å²) in [5, 5.41) is 10.9. The zero-order valence-corrected chi connectivity index (χ0v) is 21.3. The van der Waals surface area contributed by atoms with E-state index in [-0.39, 0.29) is 29.0 Å². The van der Waals surface area contributed by atoms with E-state index in [1.54, 1.807) is 6.07 Å². The Bertz CT molecular complexity index is 1480. The highest BCUT2D eigenvalue weighted by Crippen LogP contribution is 2.33. The van der Waals surface area contributed by atoms with Crippen molar-refractivity contribution in [3.8, 4) is 11.6 Å². The average Bonchev–Trinajstić information content (AvgIpc) is 3.41. The van der Waals surface area contributed by atoms with Crippen molar-refractivity contribution in [1.82, 2.24) is 25.0 Å². The van der Waals surface area contributed by atoms with Crippen LogP contribution in [0.2, 0.25) is 0 Å². The van der Waals surface area contributed by atoms with Crippen molar-refractivity contribution >= 4 is 0 Å². The van der Waals surface area contributed by atoms with E-state index in [4.69, 9.17) is 4.42 Å². The van der Waals surface area contributed by atoms with Crippen molar-refractivity contribution in [1.29, 1.82) is 0 Å². The molecule has 40 heavy (non-hydrogen) atoms. The van der Waals surface area contributed by atoms with E-state index in [9.17, 15) is 31.1 Å². The number of rotatable bonds is 5. The fourth-order valence-corrected chi connectivity index (χ4v) is 4.48. The minimum absolute atomic E-state index is 0.0611. The zero-order chi connectivity index (χ0) is 28.9. The molecule has 1 aromatic carbocycles. The van der Waals surface area contributed by atoms with Crippen molar-refractivity contribution in [2.45, 2.75) is 64.1 Å². The van der Waals surface area contributed by atoms with Gasteiger partial charge < -0.3 is 4.42 Å². The predicted molar refractivity (Wildman–Crippen MR) is 132 cm³/mol. The molecule has 0 unspecified atom stereocenters. The van der Waals surface area contributed by atoms with Gasteiger partial charge in [0.2, 0.25) is 0 Å². The van der Waals surface area contributed by atoms with E-state index < -0.39 is 36.2 Å². The van der Waals surface area contributed by atoms with Gasteiger partial charge in [0.1, 0.15) is 11.5 Å². The summed E-state index contributed by atoms with van der Waals surface area (Å²) < 4.78 is 83.9. The van der Waals surface area contributed by atoms with E-state index in [1.165, 1.54) is 24.4 Å². The molecule has 3 heterocycles. The van der Waals surface area contributed by atoms with Crippen LogP contribution in [0.15, 0.2) is 57.9 Å². The number of hydrogen-bond donors (Lipinski definition) is 0. The minimum Gasteiger partial charge on any atom is -0.413 e. The van der Waals surface area contributed by atoms with Crippen LogP contribution in [-0.2, 0) is 12.7 Å². The van der Waals surface area contributed by atoms with Crippen LogP contribution in [0.3, 0.4) is 0 Å². The van der Waals surface area contributed by atoms with Gasteiger partial charge in [0.25, 0.3) is 17.3 Å². The number of pyridine rings is 1. The molecule has 0 saturated heterocycles. The highest BCUT2D eigenvalue weighted by molar-refractivity contribution is 5.47. The number of halogens is 6. The summed E-state index contributed by atoms with van der Waals surface area (Å²) in [4.78, 5) is 16.9. The maximum atomic E-state index is 13.4. The molecule has 0 bridgehead atoms. The molecule has 0 amide bonds. The van der Waals surface area contributed by atoms with Crippen LogP contribution in [0.4, 0.5) is 26.3 Å². The first-order valence-electron chi connectivity index (χ1n) is 12.5. The lowest BCUT2D eigenvalue weighted by Gasteiger charge is -2.22. The Morgan fingerprint density at radius 1 is 1.05 bits per heavy atom. The second-order valence-corrected chi connectivity index (χ2v) is 9.32. The molecule has 1 aliphatic rings. The zero-order valence-electron chi connectivity index (χ0n) is 21.3. The lowest BCUT2D eigenvalue weighted by molar-refractivity contribution is -0.138. The fourth-order valence-electron chi connectivity index (χ4n) is 4.48. The Hall–Kier alpha value is -4.03. The minimum atomic E-state index is -4.67. The lowest BCUT2D eigenvalue weighted by atomic mass is 9.84. The van der Waals surface area contributed by atoms with Crippen LogP contribution in [-0.4, -0.2) is 25.0 Å². The van der Waals surface area contributed by atoms with Gasteiger partial charge in [0.05, 0.1) is 17.8 Å². The van der Waals surface area contributed by atoms with Gasteiger partial charge in [0, 0.05) is 11.8 Å². The first-order chi connectivity index (χ1) is 19.0. The van der Waals surface area contributed by atoms with E-state index in [2.05, 4.69) is 20.3 Å². The van der Waals surface area contributed by atoms with Gasteiger partial charge in [-0.3, -0.25) is 9.78 Å². The third-order valence-electron chi connectivity index (χ3n) is 6.37. The van der Waals surface area contributed by atoms with E-state index in [0.717, 1.165) is 54.5 Å². The fraction of sp³-hybridized carbons (Fsp3) is 0.370. The Kier molecular flexibility index (Phi) is 9.00. The van der Waals surface area contributed by atoms with E-state index >= 15 is 0 Å². The van der Waals surface area contributed by atoms with Crippen LogP contribution in [0, 0.1) is 12.7 Å². The van der Waals surface area contributed by atoms with E-state index in [1.807, 2.05) is 13.0 Å². The molecule has 0 spiro atoms. The Morgan fingerprint density at radius 3 is 2.40 bits per heavy atom. The molecule has 1 fully saturated rings. The summed E-state index contributed by atoms with van der Waals surface area (Å²) in [5.74, 6) is -1.55. The average molecular weight is 566 g/mol. The normalized spacial score (nSPS) is 14.2. The molecule has 0 aliphatic heterocycles. The van der Waals surface area contributed by atoms with Gasteiger partial charge in [0.15, 0.2) is 0 Å². The Balaban J connectivity index is 0.000000398. The maximum Gasteiger partial charge on any atom is 0.418 e. The molecule has 7 nitrogen and oxygen atoms in total. The first kappa shape index (κ1) is 29.0. The Labute approximate surface area is 224 Å². The van der Waals surface area contributed by atoms with Gasteiger partial charge in [-0.25, -0.2) is 9.07 Å². The molecule has 13 heteroatoms. The molecular formula is C27H25F6N5O2. The largest absolute Gasteiger partial charge is 0.418 e. The van der Waals surface area contributed by atoms with Crippen molar-refractivity contribution < 1.29 is 30.8 Å². The number of nitrogens with zero attached hydrogens (tertiary/aromatic N) is 5. The van der Waals surface area contributed by atoms with Crippen LogP contribution >= 0.6 is 0 Å². The second kappa shape index (κ2) is 12.4. The topological polar surface area (TPSA) is 86.7 Å². The third-order valence-corrected chi connectivity index (χ3v) is 6.37. The molecule has 1 saturated carbocycles. The molecule has 3 aromatic heterocycles. The van der Waals surface area contributed by atoms with Crippen LogP contribution in [0.25, 0.3) is 11.6 Å². The number of benzene rings is 1. The van der Waals surface area contributed by atoms with Gasteiger partial charge in [-0.2, -0.15) is 27.1 Å². The van der Waals surface area contributed by atoms with Gasteiger partial charge in [-0.15, -0.1) is 10.2 Å². The lowest BCUT2D eigenvalue weighted by Crippen LogP contribution is -2.30. The molecule has 1 aliphatic carbocycles. The SMILES string of the molecule is Cc1cccc(F)c1.O=c1c(C2CCCCC2)cc(-c2nnc(C(F)F)o2)nn1Cc1ncccc1C(F)(F)F. The molecule has 212 valence electrons. The summed E-state index contributed by atoms with van der Waals surface area (Å²) in [6.45, 7) is 1.31. The first-order valence-corrected chi connectivity index (χ1v) is 12.5. The van der Waals surface area contributed by atoms with Gasteiger partial charge >= 0.3 is 12.6 Å². The summed E-state index contributed by atoms with van der Waals surface area (Å²) in [7, 11) is 0. The third kappa shape index (κ3) is 7.13. The summed E-state index contributed by atoms with van der Waals surface area (Å²) in [6, 6.07) is 9.92. The number of alkyl halides is 5. The van der Waals surface area contributed by atoms with Gasteiger partial charge in [-0.05, 0) is 61.6 Å². The number of aromatic nitrogens is 5. The van der Waals surface area contributed by atoms with Crippen LogP contribution in [0.5, 0.6) is 0 Å². The highest BCUT2D eigenvalue weighted by atomic mass is 19.4. The molecular weight excluding hydrogens is 540 g/mol. The van der Waals surface area contributed by atoms with Crippen molar-refractivity contribution in [3.05, 3.63) is 93.1 Å². The van der Waals surface area contributed by atoms with Crippen LogP contribution < -0.4 is 5.56 Å². The summed E-state index contributed by atoms with van der Waals surface area (Å²) >= 11 is 0. The van der Waals surface area contributed by atoms with Crippen molar-refractivity contribution in [3.63, 3.8) is 0 Å². The van der Waals surface area contributed by atoms with Crippen molar-refractivity contribution in [2.75, 3.05) is 0 Å². The summed E-state index contributed by atoms with van der Waals surface area (Å²) in [5.41, 5.74) is -0.709. The number of hydrogen-bond acceptors (Lipinski definition) is 6. The molecule has 0 atom stereocenters.